The smallest absolute Gasteiger partial charge is 0.147 e. The van der Waals surface area contributed by atoms with Gasteiger partial charge < -0.3 is 16.2 Å². The molecular formula is C11H10ClN3O. The molecule has 0 aliphatic carbocycles. The highest BCUT2D eigenvalue weighted by Gasteiger charge is 2.01. The van der Waals surface area contributed by atoms with Gasteiger partial charge in [-0.15, -0.1) is 0 Å². The third kappa shape index (κ3) is 2.35. The molecule has 1 aromatic heterocycles. The molecule has 4 N–H and O–H groups in total. The van der Waals surface area contributed by atoms with E-state index in [2.05, 4.69) is 4.98 Å². The third-order valence-electron chi connectivity index (χ3n) is 1.97. The van der Waals surface area contributed by atoms with Crippen LogP contribution in [0.5, 0.6) is 11.5 Å². The second kappa shape index (κ2) is 4.28. The SMILES string of the molecule is Nc1ccc(Oc2cncc(Cl)c2)cc1N. The van der Waals surface area contributed by atoms with Gasteiger partial charge in [-0.05, 0) is 12.1 Å². The standard InChI is InChI=1S/C11H10ClN3O/c12-7-3-9(6-15-5-7)16-8-1-2-10(13)11(14)4-8/h1-6H,13-14H2. The number of nitrogens with two attached hydrogens (primary N) is 2. The lowest BCUT2D eigenvalue weighted by atomic mass is 10.2. The van der Waals surface area contributed by atoms with Crippen molar-refractivity contribution in [2.75, 3.05) is 11.5 Å². The van der Waals surface area contributed by atoms with E-state index in [-0.39, 0.29) is 0 Å². The van der Waals surface area contributed by atoms with Crippen molar-refractivity contribution in [1.82, 2.24) is 4.98 Å². The highest BCUT2D eigenvalue weighted by Crippen LogP contribution is 2.27. The molecule has 1 heterocycles. The molecule has 0 saturated carbocycles. The summed E-state index contributed by atoms with van der Waals surface area (Å²) < 4.78 is 5.51. The van der Waals surface area contributed by atoms with Crippen LogP contribution >= 0.6 is 11.6 Å². The number of hydrogen-bond donors (Lipinski definition) is 2. The van der Waals surface area contributed by atoms with Crippen LogP contribution in [0.1, 0.15) is 0 Å². The minimum atomic E-state index is 0.479. The van der Waals surface area contributed by atoms with Gasteiger partial charge in [-0.2, -0.15) is 0 Å². The van der Waals surface area contributed by atoms with Crippen LogP contribution < -0.4 is 16.2 Å². The van der Waals surface area contributed by atoms with Crippen LogP contribution in [-0.2, 0) is 0 Å². The normalized spacial score (nSPS) is 10.1. The van der Waals surface area contributed by atoms with E-state index < -0.39 is 0 Å². The molecule has 0 fully saturated rings. The Hall–Kier alpha value is -1.94. The number of nitrogen functional groups attached to an aromatic ring is 2. The monoisotopic (exact) mass is 235 g/mol. The predicted octanol–water partition coefficient (Wildman–Crippen LogP) is 2.69. The van der Waals surface area contributed by atoms with Gasteiger partial charge in [0.05, 0.1) is 22.6 Å². The van der Waals surface area contributed by atoms with Gasteiger partial charge in [-0.3, -0.25) is 4.98 Å². The van der Waals surface area contributed by atoms with E-state index in [1.54, 1.807) is 30.5 Å². The molecule has 4 nitrogen and oxygen atoms in total. The molecule has 16 heavy (non-hydrogen) atoms. The van der Waals surface area contributed by atoms with Crippen molar-refractivity contribution in [1.29, 1.82) is 0 Å². The molecule has 2 aromatic rings. The lowest BCUT2D eigenvalue weighted by Gasteiger charge is -2.07. The van der Waals surface area contributed by atoms with Gasteiger partial charge in [0.15, 0.2) is 0 Å². The average Bonchev–Trinajstić information content (AvgIpc) is 2.24. The average molecular weight is 236 g/mol. The molecule has 5 heteroatoms. The summed E-state index contributed by atoms with van der Waals surface area (Å²) in [6, 6.07) is 6.73. The van der Waals surface area contributed by atoms with E-state index in [9.17, 15) is 0 Å². The maximum Gasteiger partial charge on any atom is 0.147 e. The summed E-state index contributed by atoms with van der Waals surface area (Å²) in [4.78, 5) is 3.91. The number of rotatable bonds is 2. The Morgan fingerprint density at radius 3 is 2.50 bits per heavy atom. The summed E-state index contributed by atoms with van der Waals surface area (Å²) in [6.07, 6.45) is 3.10. The summed E-state index contributed by atoms with van der Waals surface area (Å²) in [5.41, 5.74) is 12.3. The maximum absolute atomic E-state index is 5.78. The molecule has 0 bridgehead atoms. The van der Waals surface area contributed by atoms with Crippen LogP contribution in [0, 0.1) is 0 Å². The number of benzene rings is 1. The van der Waals surface area contributed by atoms with E-state index in [0.29, 0.717) is 27.9 Å². The van der Waals surface area contributed by atoms with Crippen molar-refractivity contribution in [2.24, 2.45) is 0 Å². The molecule has 82 valence electrons. The summed E-state index contributed by atoms with van der Waals surface area (Å²) in [7, 11) is 0. The molecule has 0 unspecified atom stereocenters. The first-order valence-corrected chi connectivity index (χ1v) is 4.96. The van der Waals surface area contributed by atoms with Gasteiger partial charge in [0, 0.05) is 18.3 Å². The minimum Gasteiger partial charge on any atom is -0.456 e. The molecule has 0 aliphatic heterocycles. The van der Waals surface area contributed by atoms with Crippen molar-refractivity contribution in [2.45, 2.75) is 0 Å². The van der Waals surface area contributed by atoms with Gasteiger partial charge in [-0.25, -0.2) is 0 Å². The second-order valence-corrected chi connectivity index (χ2v) is 3.67. The Morgan fingerprint density at radius 1 is 1.00 bits per heavy atom. The number of nitrogens with zero attached hydrogens (tertiary/aromatic N) is 1. The minimum absolute atomic E-state index is 0.479. The molecule has 0 spiro atoms. The first-order valence-electron chi connectivity index (χ1n) is 4.58. The van der Waals surface area contributed by atoms with Gasteiger partial charge in [0.1, 0.15) is 11.5 Å². The summed E-state index contributed by atoms with van der Waals surface area (Å²) in [6.45, 7) is 0. The van der Waals surface area contributed by atoms with Gasteiger partial charge in [0.2, 0.25) is 0 Å². The zero-order valence-electron chi connectivity index (χ0n) is 8.35. The van der Waals surface area contributed by atoms with Crippen molar-refractivity contribution in [3.63, 3.8) is 0 Å². The fraction of sp³-hybridized carbons (Fsp3) is 0. The quantitative estimate of drug-likeness (QED) is 0.785. The molecule has 0 atom stereocenters. The lowest BCUT2D eigenvalue weighted by molar-refractivity contribution is 0.480. The Morgan fingerprint density at radius 2 is 1.81 bits per heavy atom. The fourth-order valence-electron chi connectivity index (χ4n) is 1.20. The molecule has 2 rings (SSSR count). The number of aromatic nitrogens is 1. The van der Waals surface area contributed by atoms with Crippen LogP contribution in [0.4, 0.5) is 11.4 Å². The van der Waals surface area contributed by atoms with E-state index in [0.717, 1.165) is 0 Å². The van der Waals surface area contributed by atoms with Gasteiger partial charge >= 0.3 is 0 Å². The molecule has 0 aliphatic rings. The van der Waals surface area contributed by atoms with E-state index >= 15 is 0 Å². The number of ether oxygens (including phenoxy) is 1. The van der Waals surface area contributed by atoms with Crippen LogP contribution in [0.2, 0.25) is 5.02 Å². The third-order valence-corrected chi connectivity index (χ3v) is 2.18. The van der Waals surface area contributed by atoms with Crippen LogP contribution in [-0.4, -0.2) is 4.98 Å². The zero-order valence-corrected chi connectivity index (χ0v) is 9.11. The number of hydrogen-bond acceptors (Lipinski definition) is 4. The summed E-state index contributed by atoms with van der Waals surface area (Å²) >= 11 is 5.78. The van der Waals surface area contributed by atoms with E-state index in [1.807, 2.05) is 0 Å². The molecule has 0 amide bonds. The first kappa shape index (κ1) is 10.6. The number of pyridine rings is 1. The van der Waals surface area contributed by atoms with Crippen molar-refractivity contribution < 1.29 is 4.74 Å². The molecule has 1 aromatic carbocycles. The molecular weight excluding hydrogens is 226 g/mol. The van der Waals surface area contributed by atoms with Gasteiger partial charge in [0.25, 0.3) is 0 Å². The Kier molecular flexibility index (Phi) is 2.83. The first-order chi connectivity index (χ1) is 7.65. The lowest BCUT2D eigenvalue weighted by Crippen LogP contribution is -1.94. The van der Waals surface area contributed by atoms with Crippen LogP contribution in [0.15, 0.2) is 36.7 Å². The Balaban J connectivity index is 2.24. The molecule has 0 radical (unpaired) electrons. The maximum atomic E-state index is 5.78. The van der Waals surface area contributed by atoms with Gasteiger partial charge in [-0.1, -0.05) is 11.6 Å². The van der Waals surface area contributed by atoms with Crippen molar-refractivity contribution in [3.05, 3.63) is 41.7 Å². The van der Waals surface area contributed by atoms with Crippen molar-refractivity contribution in [3.8, 4) is 11.5 Å². The highest BCUT2D eigenvalue weighted by atomic mass is 35.5. The van der Waals surface area contributed by atoms with Crippen LogP contribution in [0.3, 0.4) is 0 Å². The molecule has 0 saturated heterocycles. The summed E-state index contributed by atoms with van der Waals surface area (Å²) in [5.74, 6) is 1.15. The number of halogens is 1. The fourth-order valence-corrected chi connectivity index (χ4v) is 1.36. The second-order valence-electron chi connectivity index (χ2n) is 3.23. The van der Waals surface area contributed by atoms with Crippen LogP contribution in [0.25, 0.3) is 0 Å². The predicted molar refractivity (Wildman–Crippen MR) is 64.6 cm³/mol. The topological polar surface area (TPSA) is 74.2 Å². The van der Waals surface area contributed by atoms with E-state index in [4.69, 9.17) is 27.8 Å². The largest absolute Gasteiger partial charge is 0.456 e. The Labute approximate surface area is 97.8 Å². The zero-order chi connectivity index (χ0) is 11.5. The van der Waals surface area contributed by atoms with Crippen molar-refractivity contribution >= 4 is 23.0 Å². The van der Waals surface area contributed by atoms with E-state index in [1.165, 1.54) is 6.20 Å². The summed E-state index contributed by atoms with van der Waals surface area (Å²) in [5, 5.41) is 0.515. The highest BCUT2D eigenvalue weighted by molar-refractivity contribution is 6.30. The number of anilines is 2. The Bertz CT molecular complexity index is 516.